The lowest BCUT2D eigenvalue weighted by atomic mass is 9.42. The standard InChI is InChI=1S/C38H45NO12/c1-19-23(49-34(46)29(43)27(39)21-12-8-6-9-13-21)17-38(47)32(50-33(45)22-14-10-7-11-15-22)30-36(5,31(44)28(42)26(19)35(38,3)4)24(41)16-25-37(30,18-48-25)51-20(2)40/h6-15,19,23-27,29-30,32,41,43,47H,16-18,39H2,1-5H3/t19?,23-,24-,25+,26?,27+,29+,30?,32-,36+,37-,38+/m0/s1. The molecule has 3 aliphatic carbocycles. The Hall–Kier alpha value is -4.01. The first kappa shape index (κ1) is 36.8. The topological polar surface area (TPSA) is 209 Å². The highest BCUT2D eigenvalue weighted by atomic mass is 16.6. The largest absolute Gasteiger partial charge is 0.460 e. The van der Waals surface area contributed by atoms with Crippen LogP contribution in [0.4, 0.5) is 0 Å². The molecule has 1 saturated heterocycles. The molecule has 2 aromatic carbocycles. The Morgan fingerprint density at radius 1 is 0.980 bits per heavy atom. The minimum atomic E-state index is -2.28. The molecular formula is C38H45NO12. The van der Waals surface area contributed by atoms with E-state index < -0.39 is 112 Å². The molecule has 0 radical (unpaired) electrons. The maximum Gasteiger partial charge on any atom is 0.338 e. The van der Waals surface area contributed by atoms with Crippen LogP contribution < -0.4 is 5.73 Å². The third-order valence-electron chi connectivity index (χ3n) is 12.3. The molecule has 1 aliphatic heterocycles. The third-order valence-corrected chi connectivity index (χ3v) is 12.3. The minimum absolute atomic E-state index is 0.103. The molecule has 4 fully saturated rings. The average molecular weight is 708 g/mol. The monoisotopic (exact) mass is 707 g/mol. The highest BCUT2D eigenvalue weighted by molar-refractivity contribution is 6.40. The summed E-state index contributed by atoms with van der Waals surface area (Å²) in [6, 6.07) is 15.1. The van der Waals surface area contributed by atoms with Crippen molar-refractivity contribution in [2.45, 2.75) is 95.2 Å². The molecule has 0 spiro atoms. The van der Waals surface area contributed by atoms with Gasteiger partial charge in [0.15, 0.2) is 11.7 Å². The highest BCUT2D eigenvalue weighted by Crippen LogP contribution is 2.64. The Morgan fingerprint density at radius 2 is 1.59 bits per heavy atom. The van der Waals surface area contributed by atoms with Gasteiger partial charge in [0.05, 0.1) is 35.6 Å². The lowest BCUT2D eigenvalue weighted by molar-refractivity contribution is -0.350. The molecule has 3 unspecified atom stereocenters. The molecule has 0 aromatic heterocycles. The summed E-state index contributed by atoms with van der Waals surface area (Å²) < 4.78 is 23.9. The van der Waals surface area contributed by atoms with E-state index >= 15 is 0 Å². The molecule has 51 heavy (non-hydrogen) atoms. The number of esters is 3. The lowest BCUT2D eigenvalue weighted by Crippen LogP contribution is -2.82. The second-order valence-corrected chi connectivity index (χ2v) is 15.3. The summed E-state index contributed by atoms with van der Waals surface area (Å²) in [6.07, 6.45) is -8.00. The summed E-state index contributed by atoms with van der Waals surface area (Å²) in [5.74, 6) is -8.47. The van der Waals surface area contributed by atoms with Crippen LogP contribution in [0.1, 0.15) is 69.4 Å². The number of ether oxygens (including phenoxy) is 4. The molecule has 2 bridgehead atoms. The number of carbonyl (C=O) groups is 5. The van der Waals surface area contributed by atoms with Crippen molar-refractivity contribution in [3.63, 3.8) is 0 Å². The van der Waals surface area contributed by atoms with Crippen LogP contribution in [0.5, 0.6) is 0 Å². The van der Waals surface area contributed by atoms with Crippen molar-refractivity contribution in [1.82, 2.24) is 0 Å². The zero-order chi connectivity index (χ0) is 37.3. The van der Waals surface area contributed by atoms with E-state index in [1.54, 1.807) is 69.3 Å². The van der Waals surface area contributed by atoms with Gasteiger partial charge in [0, 0.05) is 37.0 Å². The van der Waals surface area contributed by atoms with Gasteiger partial charge in [-0.05, 0) is 24.6 Å². The van der Waals surface area contributed by atoms with E-state index in [-0.39, 0.29) is 18.6 Å². The van der Waals surface area contributed by atoms with Crippen molar-refractivity contribution in [2.24, 2.45) is 34.3 Å². The van der Waals surface area contributed by atoms with Gasteiger partial charge in [-0.15, -0.1) is 0 Å². The van der Waals surface area contributed by atoms with Crippen LogP contribution in [0.15, 0.2) is 60.7 Å². The third kappa shape index (κ3) is 5.52. The molecule has 6 rings (SSSR count). The van der Waals surface area contributed by atoms with Crippen molar-refractivity contribution >= 4 is 29.5 Å². The summed E-state index contributed by atoms with van der Waals surface area (Å²) in [5.41, 5.74) is -0.788. The van der Waals surface area contributed by atoms with Crippen LogP contribution in [-0.4, -0.2) is 93.1 Å². The van der Waals surface area contributed by atoms with Gasteiger partial charge in [-0.1, -0.05) is 69.3 Å². The molecule has 5 N–H and O–H groups in total. The van der Waals surface area contributed by atoms with E-state index in [1.165, 1.54) is 19.1 Å². The molecule has 12 atom stereocenters. The van der Waals surface area contributed by atoms with E-state index in [0.717, 1.165) is 6.92 Å². The fraction of sp³-hybridized carbons (Fsp3) is 0.553. The summed E-state index contributed by atoms with van der Waals surface area (Å²) in [4.78, 5) is 69.5. The van der Waals surface area contributed by atoms with Gasteiger partial charge < -0.3 is 40.0 Å². The Labute approximate surface area is 295 Å². The normalized spacial score (nSPS) is 37.9. The summed E-state index contributed by atoms with van der Waals surface area (Å²) in [7, 11) is 0. The van der Waals surface area contributed by atoms with Gasteiger partial charge in [-0.25, -0.2) is 9.59 Å². The van der Waals surface area contributed by atoms with Crippen molar-refractivity contribution in [2.75, 3.05) is 6.61 Å². The first-order chi connectivity index (χ1) is 23.9. The van der Waals surface area contributed by atoms with Gasteiger partial charge in [-0.2, -0.15) is 0 Å². The maximum atomic E-state index is 14.7. The second-order valence-electron chi connectivity index (χ2n) is 15.3. The van der Waals surface area contributed by atoms with E-state index in [1.807, 2.05) is 0 Å². The number of hydrogen-bond donors (Lipinski definition) is 4. The average Bonchev–Trinajstić information content (AvgIpc) is 3.09. The van der Waals surface area contributed by atoms with Crippen LogP contribution in [0, 0.1) is 28.6 Å². The predicted molar refractivity (Wildman–Crippen MR) is 177 cm³/mol. The summed E-state index contributed by atoms with van der Waals surface area (Å²) >= 11 is 0. The zero-order valence-electron chi connectivity index (χ0n) is 29.2. The number of fused-ring (bicyclic) bond motifs is 5. The number of rotatable bonds is 7. The fourth-order valence-electron chi connectivity index (χ4n) is 9.30. The Balaban J connectivity index is 1.51. The first-order valence-corrected chi connectivity index (χ1v) is 17.2. The van der Waals surface area contributed by atoms with Crippen LogP contribution in [0.2, 0.25) is 0 Å². The van der Waals surface area contributed by atoms with Gasteiger partial charge in [-0.3, -0.25) is 14.4 Å². The maximum absolute atomic E-state index is 14.7. The molecule has 274 valence electrons. The van der Waals surface area contributed by atoms with Crippen LogP contribution >= 0.6 is 0 Å². The quantitative estimate of drug-likeness (QED) is 0.184. The molecule has 2 aromatic rings. The van der Waals surface area contributed by atoms with Gasteiger partial charge >= 0.3 is 17.9 Å². The smallest absolute Gasteiger partial charge is 0.338 e. The summed E-state index contributed by atoms with van der Waals surface area (Å²) in [5, 5.41) is 35.9. The minimum Gasteiger partial charge on any atom is -0.460 e. The van der Waals surface area contributed by atoms with Crippen molar-refractivity contribution in [3.8, 4) is 0 Å². The second kappa shape index (κ2) is 12.9. The molecule has 0 amide bonds. The van der Waals surface area contributed by atoms with Gasteiger partial charge in [0.1, 0.15) is 23.9 Å². The number of nitrogens with two attached hydrogens (primary N) is 1. The Morgan fingerprint density at radius 3 is 2.16 bits per heavy atom. The van der Waals surface area contributed by atoms with E-state index in [9.17, 15) is 39.3 Å². The zero-order valence-corrected chi connectivity index (χ0v) is 29.2. The van der Waals surface area contributed by atoms with Gasteiger partial charge in [0.2, 0.25) is 11.6 Å². The van der Waals surface area contributed by atoms with Crippen LogP contribution in [0.25, 0.3) is 0 Å². The molecular weight excluding hydrogens is 662 g/mol. The SMILES string of the molecule is CC(=O)O[C@@]12CO[C@@H]1C[C@H](O)[C@@]1(C)C(=O)C(=O)C3C(C)[C@@H](OC(=O)[C@H](O)[C@H](N)c4ccccc4)C[C@@](O)([C@@H](OC(=O)c4ccccc4)C12)C3(C)C. The van der Waals surface area contributed by atoms with Crippen LogP contribution in [-0.2, 0) is 38.1 Å². The van der Waals surface area contributed by atoms with E-state index in [4.69, 9.17) is 24.7 Å². The molecule has 3 saturated carbocycles. The molecule has 1 heterocycles. The number of Topliss-reactive ketones (excluding diaryl/α,β-unsaturated/α-hetero) is 2. The van der Waals surface area contributed by atoms with Crippen molar-refractivity contribution < 1.29 is 58.2 Å². The van der Waals surface area contributed by atoms with Crippen molar-refractivity contribution in [1.29, 1.82) is 0 Å². The molecule has 13 heteroatoms. The molecule has 4 aliphatic rings. The fourth-order valence-corrected chi connectivity index (χ4v) is 9.30. The number of benzene rings is 2. The number of ketones is 2. The van der Waals surface area contributed by atoms with Crippen molar-refractivity contribution in [3.05, 3.63) is 71.8 Å². The first-order valence-electron chi connectivity index (χ1n) is 17.2. The lowest BCUT2D eigenvalue weighted by Gasteiger charge is -2.67. The predicted octanol–water partition coefficient (Wildman–Crippen LogP) is 1.84. The Bertz CT molecular complexity index is 1720. The number of carbonyl (C=O) groups excluding carboxylic acids is 5. The summed E-state index contributed by atoms with van der Waals surface area (Å²) in [6.45, 7) is 6.98. The van der Waals surface area contributed by atoms with Gasteiger partial charge in [0.25, 0.3) is 0 Å². The number of aliphatic hydroxyl groups excluding tert-OH is 2. The highest BCUT2D eigenvalue weighted by Gasteiger charge is 2.79. The van der Waals surface area contributed by atoms with Crippen LogP contribution in [0.3, 0.4) is 0 Å². The number of aliphatic hydroxyl groups is 3. The number of hydrogen-bond acceptors (Lipinski definition) is 13. The van der Waals surface area contributed by atoms with E-state index in [2.05, 4.69) is 0 Å². The van der Waals surface area contributed by atoms with E-state index in [0.29, 0.717) is 5.56 Å². The Kier molecular flexibility index (Phi) is 9.29. The molecule has 13 nitrogen and oxygen atoms in total.